The molecule has 2 heterocycles. The summed E-state index contributed by atoms with van der Waals surface area (Å²) in [4.78, 5) is 19.9. The highest BCUT2D eigenvalue weighted by Crippen LogP contribution is 2.33. The van der Waals surface area contributed by atoms with Crippen LogP contribution in [0.2, 0.25) is 0 Å². The Morgan fingerprint density at radius 2 is 1.94 bits per heavy atom. The SMILES string of the molecule is CCN(c1nc(C)ccc1S(=O)(=O)N1CCC[C@H]1C(=O)N[C@@H]1CCCC[C@H]1C)C(C)C. The molecule has 31 heavy (non-hydrogen) atoms. The van der Waals surface area contributed by atoms with Crippen molar-refractivity contribution in [2.24, 2.45) is 5.92 Å². The Kier molecular flexibility index (Phi) is 7.63. The van der Waals surface area contributed by atoms with Crippen LogP contribution in [0, 0.1) is 12.8 Å². The number of aromatic nitrogens is 1. The molecule has 3 atom stereocenters. The number of rotatable bonds is 7. The van der Waals surface area contributed by atoms with Gasteiger partial charge in [0.2, 0.25) is 15.9 Å². The maximum absolute atomic E-state index is 13.8. The number of hydrogen-bond acceptors (Lipinski definition) is 5. The molecule has 0 bridgehead atoms. The second-order valence-electron chi connectivity index (χ2n) is 9.30. The first-order chi connectivity index (χ1) is 14.7. The summed E-state index contributed by atoms with van der Waals surface area (Å²) in [5.74, 6) is 0.753. The third-order valence-electron chi connectivity index (χ3n) is 6.75. The molecule has 1 saturated carbocycles. The van der Waals surface area contributed by atoms with E-state index < -0.39 is 16.1 Å². The van der Waals surface area contributed by atoms with E-state index in [1.807, 2.05) is 32.6 Å². The molecule has 1 aromatic heterocycles. The molecule has 1 N–H and O–H groups in total. The van der Waals surface area contributed by atoms with Crippen molar-refractivity contribution in [3.05, 3.63) is 17.8 Å². The second-order valence-corrected chi connectivity index (χ2v) is 11.2. The van der Waals surface area contributed by atoms with Crippen molar-refractivity contribution in [1.82, 2.24) is 14.6 Å². The number of amides is 1. The lowest BCUT2D eigenvalue weighted by Gasteiger charge is -2.33. The quantitative estimate of drug-likeness (QED) is 0.688. The fraction of sp³-hybridized carbons (Fsp3) is 0.739. The zero-order chi connectivity index (χ0) is 22.8. The molecule has 0 radical (unpaired) electrons. The summed E-state index contributed by atoms with van der Waals surface area (Å²) in [5, 5.41) is 3.17. The lowest BCUT2D eigenvalue weighted by molar-refractivity contribution is -0.125. The van der Waals surface area contributed by atoms with Gasteiger partial charge in [-0.3, -0.25) is 4.79 Å². The minimum Gasteiger partial charge on any atom is -0.353 e. The minimum atomic E-state index is -3.85. The van der Waals surface area contributed by atoms with E-state index in [2.05, 4.69) is 17.2 Å². The molecule has 2 fully saturated rings. The Morgan fingerprint density at radius 3 is 2.58 bits per heavy atom. The van der Waals surface area contributed by atoms with Gasteiger partial charge in [0.1, 0.15) is 16.8 Å². The van der Waals surface area contributed by atoms with Gasteiger partial charge in [0, 0.05) is 30.9 Å². The summed E-state index contributed by atoms with van der Waals surface area (Å²) >= 11 is 0. The van der Waals surface area contributed by atoms with Gasteiger partial charge in [-0.2, -0.15) is 4.31 Å². The Labute approximate surface area is 187 Å². The van der Waals surface area contributed by atoms with Gasteiger partial charge < -0.3 is 10.2 Å². The van der Waals surface area contributed by atoms with Crippen LogP contribution in [0.5, 0.6) is 0 Å². The number of carbonyl (C=O) groups is 1. The number of hydrogen-bond donors (Lipinski definition) is 1. The topological polar surface area (TPSA) is 82.6 Å². The van der Waals surface area contributed by atoms with Crippen molar-refractivity contribution in [3.63, 3.8) is 0 Å². The number of aryl methyl sites for hydroxylation is 1. The Bertz CT molecular complexity index is 887. The zero-order valence-electron chi connectivity index (χ0n) is 19.6. The molecular formula is C23H38N4O3S. The highest BCUT2D eigenvalue weighted by molar-refractivity contribution is 7.89. The van der Waals surface area contributed by atoms with Gasteiger partial charge in [0.05, 0.1) is 0 Å². The highest BCUT2D eigenvalue weighted by Gasteiger charge is 2.42. The third-order valence-corrected chi connectivity index (χ3v) is 8.68. The van der Waals surface area contributed by atoms with Crippen molar-refractivity contribution in [2.75, 3.05) is 18.0 Å². The predicted octanol–water partition coefficient (Wildman–Crippen LogP) is 3.47. The molecule has 1 saturated heterocycles. The van der Waals surface area contributed by atoms with Crippen LogP contribution in [0.25, 0.3) is 0 Å². The number of pyridine rings is 1. The van der Waals surface area contributed by atoms with Crippen LogP contribution < -0.4 is 10.2 Å². The number of nitrogens with one attached hydrogen (secondary N) is 1. The van der Waals surface area contributed by atoms with Crippen molar-refractivity contribution >= 4 is 21.7 Å². The maximum Gasteiger partial charge on any atom is 0.247 e. The van der Waals surface area contributed by atoms with Crippen LogP contribution in [0.4, 0.5) is 5.82 Å². The van der Waals surface area contributed by atoms with E-state index in [0.29, 0.717) is 37.7 Å². The molecule has 7 nitrogen and oxygen atoms in total. The summed E-state index contributed by atoms with van der Waals surface area (Å²) < 4.78 is 28.9. The minimum absolute atomic E-state index is 0.110. The van der Waals surface area contributed by atoms with Gasteiger partial charge in [-0.1, -0.05) is 19.8 Å². The first-order valence-corrected chi connectivity index (χ1v) is 13.2. The lowest BCUT2D eigenvalue weighted by Crippen LogP contribution is -2.51. The standard InChI is InChI=1S/C23H38N4O3S/c1-6-26(16(2)3)22-21(14-13-18(5)24-22)31(29,30)27-15-9-12-20(27)23(28)25-19-11-8-7-10-17(19)4/h13-14,16-17,19-20H,6-12,15H2,1-5H3,(H,25,28)/t17-,19-,20+/m1/s1. The molecule has 3 rings (SSSR count). The van der Waals surface area contributed by atoms with E-state index >= 15 is 0 Å². The summed E-state index contributed by atoms with van der Waals surface area (Å²) in [7, 11) is -3.85. The summed E-state index contributed by atoms with van der Waals surface area (Å²) in [6.45, 7) is 11.1. The van der Waals surface area contributed by atoms with Crippen LogP contribution >= 0.6 is 0 Å². The van der Waals surface area contributed by atoms with Gasteiger partial charge in [0.25, 0.3) is 0 Å². The first kappa shape index (κ1) is 24.0. The predicted molar refractivity (Wildman–Crippen MR) is 124 cm³/mol. The fourth-order valence-electron chi connectivity index (χ4n) is 4.92. The molecule has 0 aromatic carbocycles. The van der Waals surface area contributed by atoms with Crippen LogP contribution in [-0.4, -0.2) is 54.8 Å². The first-order valence-electron chi connectivity index (χ1n) is 11.7. The van der Waals surface area contributed by atoms with Crippen molar-refractivity contribution in [2.45, 2.75) is 96.2 Å². The average Bonchev–Trinajstić information content (AvgIpc) is 3.21. The Morgan fingerprint density at radius 1 is 1.23 bits per heavy atom. The van der Waals surface area contributed by atoms with Crippen LogP contribution in [0.15, 0.2) is 17.0 Å². The van der Waals surface area contributed by atoms with Gasteiger partial charge >= 0.3 is 0 Å². The molecular weight excluding hydrogens is 412 g/mol. The van der Waals surface area contributed by atoms with Gasteiger partial charge in [-0.25, -0.2) is 13.4 Å². The molecule has 0 unspecified atom stereocenters. The number of nitrogens with zero attached hydrogens (tertiary/aromatic N) is 3. The van der Waals surface area contributed by atoms with Crippen molar-refractivity contribution < 1.29 is 13.2 Å². The Hall–Kier alpha value is -1.67. The van der Waals surface area contributed by atoms with Crippen LogP contribution in [0.3, 0.4) is 0 Å². The largest absolute Gasteiger partial charge is 0.353 e. The number of anilines is 1. The van der Waals surface area contributed by atoms with Crippen LogP contribution in [0.1, 0.15) is 71.9 Å². The van der Waals surface area contributed by atoms with E-state index in [0.717, 1.165) is 25.0 Å². The second kappa shape index (κ2) is 9.86. The van der Waals surface area contributed by atoms with E-state index in [4.69, 9.17) is 0 Å². The normalized spacial score (nSPS) is 25.0. The zero-order valence-corrected chi connectivity index (χ0v) is 20.4. The van der Waals surface area contributed by atoms with E-state index in [9.17, 15) is 13.2 Å². The molecule has 1 amide bonds. The average molecular weight is 451 g/mol. The molecule has 1 aliphatic heterocycles. The lowest BCUT2D eigenvalue weighted by atomic mass is 9.86. The van der Waals surface area contributed by atoms with Crippen molar-refractivity contribution in [3.8, 4) is 0 Å². The Balaban J connectivity index is 1.89. The molecule has 1 aromatic rings. The summed E-state index contributed by atoms with van der Waals surface area (Å²) in [6, 6.07) is 2.98. The van der Waals surface area contributed by atoms with E-state index in [1.54, 1.807) is 12.1 Å². The van der Waals surface area contributed by atoms with Gasteiger partial charge in [0.15, 0.2) is 0 Å². The maximum atomic E-state index is 13.8. The van der Waals surface area contributed by atoms with Crippen LogP contribution in [-0.2, 0) is 14.8 Å². The summed E-state index contributed by atoms with van der Waals surface area (Å²) in [5.41, 5.74) is 0.773. The fourth-order valence-corrected chi connectivity index (χ4v) is 6.71. The highest BCUT2D eigenvalue weighted by atomic mass is 32.2. The molecule has 0 spiro atoms. The summed E-state index contributed by atoms with van der Waals surface area (Å²) in [6.07, 6.45) is 5.64. The molecule has 174 valence electrons. The van der Waals surface area contributed by atoms with Crippen molar-refractivity contribution in [1.29, 1.82) is 0 Å². The molecule has 8 heteroatoms. The third kappa shape index (κ3) is 5.06. The number of carbonyl (C=O) groups excluding carboxylic acids is 1. The molecule has 1 aliphatic carbocycles. The smallest absolute Gasteiger partial charge is 0.247 e. The van der Waals surface area contributed by atoms with E-state index in [1.165, 1.54) is 10.7 Å². The number of sulfonamides is 1. The van der Waals surface area contributed by atoms with E-state index in [-0.39, 0.29) is 22.9 Å². The molecule has 2 aliphatic rings. The van der Waals surface area contributed by atoms with Gasteiger partial charge in [-0.05, 0) is 71.4 Å². The monoisotopic (exact) mass is 450 g/mol. The van der Waals surface area contributed by atoms with Gasteiger partial charge in [-0.15, -0.1) is 0 Å².